The van der Waals surface area contributed by atoms with Crippen LogP contribution in [0.5, 0.6) is 0 Å². The Balaban J connectivity index is 2.49. The minimum Gasteiger partial charge on any atom is -0.397 e. The molecule has 1 rings (SSSR count). The first-order valence-electron chi connectivity index (χ1n) is 5.09. The van der Waals surface area contributed by atoms with Gasteiger partial charge in [0.05, 0.1) is 17.6 Å². The summed E-state index contributed by atoms with van der Waals surface area (Å²) in [5.74, 6) is 0. The minimum absolute atomic E-state index is 0.0688. The van der Waals surface area contributed by atoms with Gasteiger partial charge in [0.1, 0.15) is 0 Å². The van der Waals surface area contributed by atoms with E-state index >= 15 is 0 Å². The summed E-state index contributed by atoms with van der Waals surface area (Å²) in [5.41, 5.74) is 7.25. The summed E-state index contributed by atoms with van der Waals surface area (Å²) in [7, 11) is 0. The Kier molecular flexibility index (Phi) is 3.91. The van der Waals surface area contributed by atoms with Crippen molar-refractivity contribution < 1.29 is 5.11 Å². The molecule has 1 aromatic rings. The van der Waals surface area contributed by atoms with Gasteiger partial charge in [-0.2, -0.15) is 0 Å². The summed E-state index contributed by atoms with van der Waals surface area (Å²) in [5, 5.41) is 12.1. The molecule has 4 nitrogen and oxygen atoms in total. The topological polar surface area (TPSA) is 71.2 Å². The monoisotopic (exact) mass is 209 g/mol. The maximum atomic E-state index is 8.88. The highest BCUT2D eigenvalue weighted by atomic mass is 16.3. The van der Waals surface area contributed by atoms with Crippen LogP contribution < -0.4 is 11.1 Å². The maximum Gasteiger partial charge on any atom is 0.0547 e. The van der Waals surface area contributed by atoms with Gasteiger partial charge in [0.2, 0.25) is 0 Å². The molecule has 4 N–H and O–H groups in total. The molecule has 0 aromatic carbocycles. The van der Waals surface area contributed by atoms with Crippen LogP contribution in [0.1, 0.15) is 20.3 Å². The third kappa shape index (κ3) is 4.16. The van der Waals surface area contributed by atoms with Crippen molar-refractivity contribution in [3.05, 3.63) is 18.5 Å². The van der Waals surface area contributed by atoms with Gasteiger partial charge >= 0.3 is 0 Å². The third-order valence-corrected chi connectivity index (χ3v) is 2.32. The standard InChI is InChI=1S/C11H19N3O/c1-11(2,3-4-15)8-14-10-5-9(12)6-13-7-10/h5-7,14-15H,3-4,8,12H2,1-2H3. The molecule has 0 atom stereocenters. The number of rotatable bonds is 5. The van der Waals surface area contributed by atoms with E-state index in [2.05, 4.69) is 24.1 Å². The van der Waals surface area contributed by atoms with E-state index < -0.39 is 0 Å². The van der Waals surface area contributed by atoms with Crippen molar-refractivity contribution in [1.82, 2.24) is 4.98 Å². The van der Waals surface area contributed by atoms with Crippen LogP contribution in [0.2, 0.25) is 0 Å². The zero-order chi connectivity index (χ0) is 11.3. The van der Waals surface area contributed by atoms with E-state index in [-0.39, 0.29) is 12.0 Å². The van der Waals surface area contributed by atoms with Gasteiger partial charge in [-0.15, -0.1) is 0 Å². The molecule has 84 valence electrons. The number of aromatic nitrogens is 1. The van der Waals surface area contributed by atoms with E-state index in [9.17, 15) is 0 Å². The highest BCUT2D eigenvalue weighted by Gasteiger charge is 2.16. The van der Waals surface area contributed by atoms with Crippen molar-refractivity contribution in [1.29, 1.82) is 0 Å². The fourth-order valence-electron chi connectivity index (χ4n) is 1.29. The highest BCUT2D eigenvalue weighted by Crippen LogP contribution is 2.20. The van der Waals surface area contributed by atoms with Crippen LogP contribution in [0.15, 0.2) is 18.5 Å². The molecule has 0 unspecified atom stereocenters. The van der Waals surface area contributed by atoms with Crippen molar-refractivity contribution in [2.24, 2.45) is 5.41 Å². The van der Waals surface area contributed by atoms with Gasteiger partial charge in [0.15, 0.2) is 0 Å². The Morgan fingerprint density at radius 2 is 2.20 bits per heavy atom. The van der Waals surface area contributed by atoms with Crippen LogP contribution in [0.25, 0.3) is 0 Å². The van der Waals surface area contributed by atoms with Gasteiger partial charge in [0, 0.05) is 19.3 Å². The SMILES string of the molecule is CC(C)(CCO)CNc1cncc(N)c1. The van der Waals surface area contributed by atoms with E-state index in [0.29, 0.717) is 5.69 Å². The second-order valence-corrected chi connectivity index (χ2v) is 4.50. The molecular formula is C11H19N3O. The molecule has 0 saturated heterocycles. The number of nitrogens with zero attached hydrogens (tertiary/aromatic N) is 1. The molecule has 0 saturated carbocycles. The van der Waals surface area contributed by atoms with Crippen molar-refractivity contribution in [3.63, 3.8) is 0 Å². The molecule has 0 bridgehead atoms. The first kappa shape index (κ1) is 11.8. The molecule has 0 aliphatic rings. The van der Waals surface area contributed by atoms with Gasteiger partial charge in [-0.3, -0.25) is 4.98 Å². The Hall–Kier alpha value is -1.29. The zero-order valence-electron chi connectivity index (χ0n) is 9.33. The maximum absolute atomic E-state index is 8.88. The fourth-order valence-corrected chi connectivity index (χ4v) is 1.29. The molecule has 0 aliphatic heterocycles. The lowest BCUT2D eigenvalue weighted by molar-refractivity contribution is 0.220. The van der Waals surface area contributed by atoms with E-state index in [4.69, 9.17) is 10.8 Å². The molecule has 0 amide bonds. The Labute approximate surface area is 90.5 Å². The zero-order valence-corrected chi connectivity index (χ0v) is 9.33. The van der Waals surface area contributed by atoms with Crippen molar-refractivity contribution in [3.8, 4) is 0 Å². The Morgan fingerprint density at radius 1 is 1.47 bits per heavy atom. The van der Waals surface area contributed by atoms with Gasteiger partial charge < -0.3 is 16.2 Å². The number of nitrogen functional groups attached to an aromatic ring is 1. The van der Waals surface area contributed by atoms with Crippen LogP contribution in [0, 0.1) is 5.41 Å². The average molecular weight is 209 g/mol. The lowest BCUT2D eigenvalue weighted by atomic mass is 9.90. The molecule has 15 heavy (non-hydrogen) atoms. The van der Waals surface area contributed by atoms with Crippen LogP contribution in [0.4, 0.5) is 11.4 Å². The number of aliphatic hydroxyl groups excluding tert-OH is 1. The Morgan fingerprint density at radius 3 is 2.80 bits per heavy atom. The first-order valence-corrected chi connectivity index (χ1v) is 5.09. The van der Waals surface area contributed by atoms with Crippen LogP contribution >= 0.6 is 0 Å². The average Bonchev–Trinajstić information content (AvgIpc) is 2.15. The number of pyridine rings is 1. The Bertz CT molecular complexity index is 312. The van der Waals surface area contributed by atoms with E-state index in [0.717, 1.165) is 18.7 Å². The number of aliphatic hydroxyl groups is 1. The second kappa shape index (κ2) is 4.98. The lowest BCUT2D eigenvalue weighted by Gasteiger charge is -2.24. The van der Waals surface area contributed by atoms with E-state index in [1.165, 1.54) is 0 Å². The molecule has 4 heteroatoms. The summed E-state index contributed by atoms with van der Waals surface area (Å²) < 4.78 is 0. The number of hydrogen-bond acceptors (Lipinski definition) is 4. The molecule has 0 fully saturated rings. The molecular weight excluding hydrogens is 190 g/mol. The van der Waals surface area contributed by atoms with Crippen molar-refractivity contribution in [2.45, 2.75) is 20.3 Å². The van der Waals surface area contributed by atoms with E-state index in [1.54, 1.807) is 12.4 Å². The summed E-state index contributed by atoms with van der Waals surface area (Å²) in [4.78, 5) is 3.99. The molecule has 1 aromatic heterocycles. The van der Waals surface area contributed by atoms with Crippen LogP contribution in [-0.2, 0) is 0 Å². The molecule has 0 radical (unpaired) electrons. The van der Waals surface area contributed by atoms with Gasteiger partial charge in [-0.1, -0.05) is 13.8 Å². The van der Waals surface area contributed by atoms with Gasteiger partial charge in [-0.05, 0) is 17.9 Å². The number of nitrogens with two attached hydrogens (primary N) is 1. The summed E-state index contributed by atoms with van der Waals surface area (Å²) in [6.07, 6.45) is 4.13. The largest absolute Gasteiger partial charge is 0.397 e. The second-order valence-electron chi connectivity index (χ2n) is 4.50. The first-order chi connectivity index (χ1) is 7.03. The van der Waals surface area contributed by atoms with Crippen molar-refractivity contribution in [2.75, 3.05) is 24.2 Å². The van der Waals surface area contributed by atoms with Crippen LogP contribution in [-0.4, -0.2) is 23.2 Å². The predicted molar refractivity (Wildman–Crippen MR) is 62.6 cm³/mol. The third-order valence-electron chi connectivity index (χ3n) is 2.32. The molecule has 1 heterocycles. The lowest BCUT2D eigenvalue weighted by Crippen LogP contribution is -2.24. The highest BCUT2D eigenvalue weighted by molar-refractivity contribution is 5.51. The number of hydrogen-bond donors (Lipinski definition) is 3. The molecule has 0 aliphatic carbocycles. The van der Waals surface area contributed by atoms with Gasteiger partial charge in [-0.25, -0.2) is 0 Å². The summed E-state index contributed by atoms with van der Waals surface area (Å²) >= 11 is 0. The number of nitrogens with one attached hydrogen (secondary N) is 1. The van der Waals surface area contributed by atoms with Crippen LogP contribution in [0.3, 0.4) is 0 Å². The smallest absolute Gasteiger partial charge is 0.0547 e. The normalized spacial score (nSPS) is 11.4. The quantitative estimate of drug-likeness (QED) is 0.687. The van der Waals surface area contributed by atoms with Crippen molar-refractivity contribution >= 4 is 11.4 Å². The predicted octanol–water partition coefficient (Wildman–Crippen LogP) is 1.48. The molecule has 0 spiro atoms. The van der Waals surface area contributed by atoms with Gasteiger partial charge in [0.25, 0.3) is 0 Å². The fraction of sp³-hybridized carbons (Fsp3) is 0.545. The number of anilines is 2. The minimum atomic E-state index is 0.0688. The van der Waals surface area contributed by atoms with E-state index in [1.807, 2.05) is 6.07 Å². The summed E-state index contributed by atoms with van der Waals surface area (Å²) in [6, 6.07) is 1.85. The summed E-state index contributed by atoms with van der Waals surface area (Å²) in [6.45, 7) is 5.22.